The molecule has 1 heterocycles. The third kappa shape index (κ3) is 4.16. The van der Waals surface area contributed by atoms with Crippen LogP contribution < -0.4 is 4.74 Å². The Morgan fingerprint density at radius 2 is 1.96 bits per heavy atom. The van der Waals surface area contributed by atoms with Gasteiger partial charge in [-0.2, -0.15) is 0 Å². The predicted molar refractivity (Wildman–Crippen MR) is 103 cm³/mol. The number of nitrogens with zero attached hydrogens (tertiary/aromatic N) is 1. The Balaban J connectivity index is 1.65. The molecule has 0 unspecified atom stereocenters. The summed E-state index contributed by atoms with van der Waals surface area (Å²) in [5.41, 5.74) is 3.12. The van der Waals surface area contributed by atoms with Crippen LogP contribution in [0.4, 0.5) is 4.79 Å². The Hall–Kier alpha value is -2.97. The van der Waals surface area contributed by atoms with Gasteiger partial charge in [0.05, 0.1) is 11.4 Å². The first-order valence-electron chi connectivity index (χ1n) is 8.04. The van der Waals surface area contributed by atoms with Crippen LogP contribution in [-0.4, -0.2) is 22.6 Å². The van der Waals surface area contributed by atoms with Crippen molar-refractivity contribution in [2.45, 2.75) is 13.5 Å². The molecule has 2 amide bonds. The van der Waals surface area contributed by atoms with Crippen LogP contribution in [-0.2, 0) is 11.4 Å². The molecular formula is C21H17NO3S. The molecule has 0 saturated carbocycles. The molecule has 1 saturated heterocycles. The lowest BCUT2D eigenvalue weighted by atomic mass is 10.1. The van der Waals surface area contributed by atoms with E-state index in [0.29, 0.717) is 11.5 Å². The van der Waals surface area contributed by atoms with Crippen LogP contribution >= 0.6 is 11.8 Å². The summed E-state index contributed by atoms with van der Waals surface area (Å²) in [4.78, 5) is 25.4. The van der Waals surface area contributed by atoms with Gasteiger partial charge in [0, 0.05) is 0 Å². The summed E-state index contributed by atoms with van der Waals surface area (Å²) in [6, 6.07) is 15.5. The van der Waals surface area contributed by atoms with Gasteiger partial charge in [-0.1, -0.05) is 47.9 Å². The van der Waals surface area contributed by atoms with Crippen LogP contribution in [0.1, 0.15) is 16.7 Å². The van der Waals surface area contributed by atoms with Crippen molar-refractivity contribution in [2.24, 2.45) is 0 Å². The largest absolute Gasteiger partial charge is 0.489 e. The average Bonchev–Trinajstić information content (AvgIpc) is 2.89. The quantitative estimate of drug-likeness (QED) is 0.589. The minimum atomic E-state index is -0.349. The molecule has 1 fully saturated rings. The average molecular weight is 363 g/mol. The molecule has 3 rings (SSSR count). The number of thioether (sulfide) groups is 1. The summed E-state index contributed by atoms with van der Waals surface area (Å²) < 4.78 is 5.78. The van der Waals surface area contributed by atoms with E-state index in [1.807, 2.05) is 49.4 Å². The molecule has 4 nitrogen and oxygen atoms in total. The van der Waals surface area contributed by atoms with Crippen LogP contribution in [0, 0.1) is 19.3 Å². The van der Waals surface area contributed by atoms with E-state index >= 15 is 0 Å². The highest BCUT2D eigenvalue weighted by atomic mass is 32.2. The normalized spacial score (nSPS) is 15.4. The van der Waals surface area contributed by atoms with Crippen molar-refractivity contribution < 1.29 is 14.3 Å². The van der Waals surface area contributed by atoms with E-state index in [2.05, 4.69) is 12.0 Å². The van der Waals surface area contributed by atoms with Crippen molar-refractivity contribution in [3.8, 4) is 18.1 Å². The third-order valence-corrected chi connectivity index (χ3v) is 4.70. The predicted octanol–water partition coefficient (Wildman–Crippen LogP) is 4.24. The number of hydrogen-bond donors (Lipinski definition) is 0. The van der Waals surface area contributed by atoms with Gasteiger partial charge < -0.3 is 4.74 Å². The van der Waals surface area contributed by atoms with Crippen molar-refractivity contribution in [1.29, 1.82) is 0 Å². The van der Waals surface area contributed by atoms with Gasteiger partial charge in [0.1, 0.15) is 12.4 Å². The Labute approximate surface area is 156 Å². The number of terminal acetylenes is 1. The van der Waals surface area contributed by atoms with Gasteiger partial charge in [-0.15, -0.1) is 6.42 Å². The molecule has 0 N–H and O–H groups in total. The summed E-state index contributed by atoms with van der Waals surface area (Å²) in [6.07, 6.45) is 6.87. The molecule has 1 aliphatic rings. The lowest BCUT2D eigenvalue weighted by molar-refractivity contribution is -0.122. The molecule has 130 valence electrons. The van der Waals surface area contributed by atoms with Gasteiger partial charge in [-0.05, 0) is 48.0 Å². The van der Waals surface area contributed by atoms with Gasteiger partial charge in [0.25, 0.3) is 11.1 Å². The van der Waals surface area contributed by atoms with Crippen LogP contribution in [0.2, 0.25) is 0 Å². The minimum Gasteiger partial charge on any atom is -0.489 e. The minimum absolute atomic E-state index is 0.00621. The second-order valence-electron chi connectivity index (χ2n) is 5.82. The number of imide groups is 1. The first-order valence-corrected chi connectivity index (χ1v) is 8.86. The SMILES string of the molecule is C#CCN1C(=O)SC(=Cc2ccc(OCc3cccc(C)c3)cc2)C1=O. The second kappa shape index (κ2) is 7.94. The first kappa shape index (κ1) is 17.8. The van der Waals surface area contributed by atoms with E-state index in [1.165, 1.54) is 5.56 Å². The molecule has 0 aliphatic carbocycles. The van der Waals surface area contributed by atoms with Crippen LogP contribution in [0.15, 0.2) is 53.4 Å². The number of aryl methyl sites for hydroxylation is 1. The monoisotopic (exact) mass is 363 g/mol. The van der Waals surface area contributed by atoms with Gasteiger partial charge in [0.15, 0.2) is 0 Å². The zero-order chi connectivity index (χ0) is 18.5. The molecule has 0 aromatic heterocycles. The Bertz CT molecular complexity index is 910. The zero-order valence-corrected chi connectivity index (χ0v) is 15.1. The van der Waals surface area contributed by atoms with E-state index in [1.54, 1.807) is 6.08 Å². The standard InChI is InChI=1S/C21H17NO3S/c1-3-11-22-20(23)19(26-21(22)24)13-16-7-9-18(10-8-16)25-14-17-6-4-5-15(2)12-17/h1,4-10,12-13H,11,14H2,2H3. The summed E-state index contributed by atoms with van der Waals surface area (Å²) in [5, 5.41) is -0.336. The van der Waals surface area contributed by atoms with E-state index in [0.717, 1.165) is 33.5 Å². The second-order valence-corrected chi connectivity index (χ2v) is 6.81. The van der Waals surface area contributed by atoms with Crippen molar-refractivity contribution in [3.05, 3.63) is 70.1 Å². The summed E-state index contributed by atoms with van der Waals surface area (Å²) in [6.45, 7) is 2.53. The van der Waals surface area contributed by atoms with Gasteiger partial charge in [0.2, 0.25) is 0 Å². The molecule has 26 heavy (non-hydrogen) atoms. The van der Waals surface area contributed by atoms with Crippen LogP contribution in [0.25, 0.3) is 6.08 Å². The van der Waals surface area contributed by atoms with E-state index in [4.69, 9.17) is 11.2 Å². The highest BCUT2D eigenvalue weighted by Gasteiger charge is 2.34. The molecule has 5 heteroatoms. The van der Waals surface area contributed by atoms with Crippen LogP contribution in [0.3, 0.4) is 0 Å². The number of benzene rings is 2. The van der Waals surface area contributed by atoms with Gasteiger partial charge in [-0.3, -0.25) is 14.5 Å². The summed E-state index contributed by atoms with van der Waals surface area (Å²) in [5.74, 6) is 2.71. The van der Waals surface area contributed by atoms with E-state index in [-0.39, 0.29) is 17.7 Å². The van der Waals surface area contributed by atoms with Crippen molar-refractivity contribution in [1.82, 2.24) is 4.90 Å². The Kier molecular flexibility index (Phi) is 5.45. The van der Waals surface area contributed by atoms with Crippen molar-refractivity contribution in [2.75, 3.05) is 6.54 Å². The lowest BCUT2D eigenvalue weighted by Crippen LogP contribution is -2.28. The highest BCUT2D eigenvalue weighted by molar-refractivity contribution is 8.18. The Morgan fingerprint density at radius 1 is 1.19 bits per heavy atom. The number of carbonyl (C=O) groups excluding carboxylic acids is 2. The zero-order valence-electron chi connectivity index (χ0n) is 14.3. The van der Waals surface area contributed by atoms with Gasteiger partial charge >= 0.3 is 0 Å². The molecule has 0 atom stereocenters. The fraction of sp³-hybridized carbons (Fsp3) is 0.143. The maximum atomic E-state index is 12.2. The van der Waals surface area contributed by atoms with E-state index in [9.17, 15) is 9.59 Å². The maximum absolute atomic E-state index is 12.2. The third-order valence-electron chi connectivity index (χ3n) is 3.79. The van der Waals surface area contributed by atoms with Gasteiger partial charge in [-0.25, -0.2) is 0 Å². The topological polar surface area (TPSA) is 46.6 Å². The number of hydrogen-bond acceptors (Lipinski definition) is 4. The highest BCUT2D eigenvalue weighted by Crippen LogP contribution is 2.32. The molecule has 0 bridgehead atoms. The number of amides is 2. The van der Waals surface area contributed by atoms with E-state index < -0.39 is 0 Å². The molecule has 2 aromatic rings. The Morgan fingerprint density at radius 3 is 2.65 bits per heavy atom. The fourth-order valence-electron chi connectivity index (χ4n) is 2.51. The fourth-order valence-corrected chi connectivity index (χ4v) is 3.35. The molecule has 2 aromatic carbocycles. The smallest absolute Gasteiger partial charge is 0.294 e. The number of ether oxygens (including phenoxy) is 1. The molecule has 1 aliphatic heterocycles. The van der Waals surface area contributed by atoms with Crippen LogP contribution in [0.5, 0.6) is 5.75 Å². The van der Waals surface area contributed by atoms with Crippen molar-refractivity contribution in [3.63, 3.8) is 0 Å². The molecule has 0 radical (unpaired) electrons. The maximum Gasteiger partial charge on any atom is 0.294 e. The lowest BCUT2D eigenvalue weighted by Gasteiger charge is -2.07. The summed E-state index contributed by atoms with van der Waals surface area (Å²) in [7, 11) is 0. The number of rotatable bonds is 5. The first-order chi connectivity index (χ1) is 12.6. The molecule has 0 spiro atoms. The summed E-state index contributed by atoms with van der Waals surface area (Å²) >= 11 is 0.901. The van der Waals surface area contributed by atoms with Crippen molar-refractivity contribution >= 4 is 29.0 Å². The molecular weight excluding hydrogens is 346 g/mol. The number of carbonyl (C=O) groups is 2.